The molecule has 0 spiro atoms. The quantitative estimate of drug-likeness (QED) is 0.0777. The normalized spacial score (nSPS) is 30.3. The summed E-state index contributed by atoms with van der Waals surface area (Å²) >= 11 is 0. The van der Waals surface area contributed by atoms with Gasteiger partial charge < -0.3 is 38.2 Å². The number of ketones is 2. The van der Waals surface area contributed by atoms with Gasteiger partial charge in [-0.1, -0.05) is 52.0 Å². The highest BCUT2D eigenvalue weighted by Gasteiger charge is 2.63. The van der Waals surface area contributed by atoms with Gasteiger partial charge in [-0.2, -0.15) is 0 Å². The second-order valence-corrected chi connectivity index (χ2v) is 37.3. The van der Waals surface area contributed by atoms with Crippen LogP contribution in [0.15, 0.2) is 85.2 Å². The fourth-order valence-electron chi connectivity index (χ4n) is 16.1. The molecule has 4 saturated carbocycles. The molecular formula is C80H106N6O18S2. The van der Waals surface area contributed by atoms with E-state index in [1.165, 1.54) is 9.80 Å². The molecule has 4 aromatic rings. The number of carbonyl (C=O) groups is 8. The van der Waals surface area contributed by atoms with Crippen molar-refractivity contribution in [2.75, 3.05) is 27.3 Å². The van der Waals surface area contributed by atoms with Crippen LogP contribution in [0.4, 0.5) is 0 Å². The zero-order chi connectivity index (χ0) is 76.6. The maximum Gasteiger partial charge on any atom is 0.307 e. The summed E-state index contributed by atoms with van der Waals surface area (Å²) in [7, 11) is -4.52. The Bertz CT molecular complexity index is 4040. The summed E-state index contributed by atoms with van der Waals surface area (Å²) in [5, 5.41) is 1.97. The van der Waals surface area contributed by atoms with Crippen LogP contribution in [-0.4, -0.2) is 157 Å². The Morgan fingerprint density at radius 2 is 0.915 bits per heavy atom. The molecule has 6 heterocycles. The van der Waals surface area contributed by atoms with Gasteiger partial charge in [-0.25, -0.2) is 26.8 Å². The summed E-state index contributed by atoms with van der Waals surface area (Å²) in [5.41, 5.74) is -3.97. The highest BCUT2D eigenvalue weighted by atomic mass is 32.2. The van der Waals surface area contributed by atoms with E-state index in [1.807, 2.05) is 74.5 Å². The van der Waals surface area contributed by atoms with Crippen LogP contribution in [0, 0.1) is 58.2 Å². The van der Waals surface area contributed by atoms with Gasteiger partial charge in [0.25, 0.3) is 0 Å². The molecule has 4 aliphatic carbocycles. The second kappa shape index (κ2) is 31.7. The molecule has 2 saturated heterocycles. The lowest BCUT2D eigenvalue weighted by atomic mass is 9.82. The molecule has 4 amide bonds. The predicted molar refractivity (Wildman–Crippen MR) is 397 cm³/mol. The van der Waals surface area contributed by atoms with Crippen molar-refractivity contribution in [3.63, 3.8) is 0 Å². The monoisotopic (exact) mass is 1500 g/mol. The van der Waals surface area contributed by atoms with Gasteiger partial charge >= 0.3 is 11.9 Å². The Morgan fingerprint density at radius 1 is 0.538 bits per heavy atom. The van der Waals surface area contributed by atoms with Crippen LogP contribution in [0.2, 0.25) is 0 Å². The average Bonchev–Trinajstić information content (AvgIpc) is 1.58. The number of nitrogens with zero attached hydrogens (tertiary/aromatic N) is 4. The first kappa shape index (κ1) is 79.1. The molecule has 8 aliphatic rings. The van der Waals surface area contributed by atoms with Crippen LogP contribution in [-0.2, 0) is 67.9 Å². The molecule has 2 N–H and O–H groups in total. The maximum absolute atomic E-state index is 14.8. The minimum atomic E-state index is -3.85. The minimum absolute atomic E-state index is 0.0646. The molecule has 0 radical (unpaired) electrons. The van der Waals surface area contributed by atoms with Gasteiger partial charge in [0.1, 0.15) is 34.9 Å². The summed E-state index contributed by atoms with van der Waals surface area (Å²) in [6.07, 6.45) is 16.6. The minimum Gasteiger partial charge on any atom is -0.497 e. The number of methoxy groups -OCH3 is 2. The number of allylic oxidation sites excluding steroid dienone is 4. The van der Waals surface area contributed by atoms with Crippen LogP contribution < -0.4 is 28.4 Å². The number of benzene rings is 2. The lowest BCUT2D eigenvalue weighted by Crippen LogP contribution is -2.47. The van der Waals surface area contributed by atoms with Gasteiger partial charge in [0, 0.05) is 48.8 Å². The van der Waals surface area contributed by atoms with E-state index in [9.17, 15) is 55.2 Å². The molecule has 4 aliphatic heterocycles. The number of esters is 2. The molecule has 14 atom stereocenters. The number of hydrogen-bond donors (Lipinski definition) is 2. The summed E-state index contributed by atoms with van der Waals surface area (Å²) in [5.74, 6) is -3.78. The number of nitrogens with one attached hydrogen (secondary N) is 2. The highest BCUT2D eigenvalue weighted by Crippen LogP contribution is 2.59. The van der Waals surface area contributed by atoms with E-state index in [4.69, 9.17) is 28.4 Å². The van der Waals surface area contributed by atoms with Gasteiger partial charge in [-0.05, 0) is 213 Å². The molecular weight excluding hydrogens is 1400 g/mol. The predicted octanol–water partition coefficient (Wildman–Crippen LogP) is 11.1. The Morgan fingerprint density at radius 3 is 1.26 bits per heavy atom. The van der Waals surface area contributed by atoms with Gasteiger partial charge in [0.2, 0.25) is 55.4 Å². The molecule has 26 heteroatoms. The van der Waals surface area contributed by atoms with E-state index in [-0.39, 0.29) is 111 Å². The van der Waals surface area contributed by atoms with Crippen LogP contribution in [0.3, 0.4) is 0 Å². The van der Waals surface area contributed by atoms with E-state index in [0.29, 0.717) is 74.6 Å². The zero-order valence-corrected chi connectivity index (χ0v) is 64.9. The molecule has 106 heavy (non-hydrogen) atoms. The number of carbonyl (C=O) groups excluding carboxylic acids is 8. The van der Waals surface area contributed by atoms with Crippen molar-refractivity contribution >= 4 is 88.7 Å². The lowest BCUT2D eigenvalue weighted by molar-refractivity contribution is -0.160. The summed E-state index contributed by atoms with van der Waals surface area (Å²) < 4.78 is 91.2. The van der Waals surface area contributed by atoms with Crippen molar-refractivity contribution in [2.24, 2.45) is 58.2 Å². The number of fused-ring (bicyclic) bond motifs is 6. The van der Waals surface area contributed by atoms with Gasteiger partial charge in [0.05, 0.1) is 85.4 Å². The van der Waals surface area contributed by atoms with Crippen molar-refractivity contribution in [2.45, 2.75) is 231 Å². The lowest BCUT2D eigenvalue weighted by Gasteiger charge is -2.32. The van der Waals surface area contributed by atoms with E-state index in [0.717, 1.165) is 47.2 Å². The average molecular weight is 1500 g/mol. The van der Waals surface area contributed by atoms with Crippen LogP contribution >= 0.6 is 0 Å². The van der Waals surface area contributed by atoms with Crippen molar-refractivity contribution in [1.29, 1.82) is 0 Å². The van der Waals surface area contributed by atoms with Crippen molar-refractivity contribution in [1.82, 2.24) is 29.2 Å². The summed E-state index contributed by atoms with van der Waals surface area (Å²) in [4.78, 5) is 125. The van der Waals surface area contributed by atoms with Crippen LogP contribution in [0.25, 0.3) is 21.5 Å². The summed E-state index contributed by atoms with van der Waals surface area (Å²) in [6.45, 7) is 19.0. The number of aromatic nitrogens is 2. The van der Waals surface area contributed by atoms with Gasteiger partial charge in [-0.3, -0.25) is 47.8 Å². The van der Waals surface area contributed by atoms with Crippen molar-refractivity contribution < 1.29 is 83.6 Å². The second-order valence-electron chi connectivity index (χ2n) is 33.4. The number of rotatable bonds is 16. The smallest absolute Gasteiger partial charge is 0.307 e. The third-order valence-electron chi connectivity index (χ3n) is 22.4. The number of sulfonamides is 2. The number of Topliss-reactive ketones (excluding diaryl/α,β-unsaturated/α-hetero) is 2. The first-order valence-corrected chi connectivity index (χ1v) is 40.8. The first-order chi connectivity index (χ1) is 50.0. The van der Waals surface area contributed by atoms with Gasteiger partial charge in [-0.15, -0.1) is 0 Å². The van der Waals surface area contributed by atoms with E-state index >= 15 is 0 Å². The Kier molecular flexibility index (Phi) is 23.6. The fraction of sp³-hybridized carbons (Fsp3) is 0.625. The topological polar surface area (TPSA) is 317 Å². The molecule has 24 nitrogen and oxygen atoms in total. The van der Waals surface area contributed by atoms with Crippen molar-refractivity contribution in [3.05, 3.63) is 85.2 Å². The SMILES string of the molecule is COc1ccc2c(O[C@@H]3C[C@H]4C(=O)C[C@]5(C(=O)NS(=O)(=O)C6CC6)C[C@H]5/C=C\CC[C@@H](C)C[C@@H](C)[C@H](CC(=O)OC(C)(C)C)C(=O)N4C3)nccc2c1.COc1ccc2c(O[C@@H]3C[C@H]4C(=O)C[C@]5(C(=O)NS(=O)(=O)C6CC6)C[C@H]5/C=C\CC[C@H](C)C[C@@H](C)[C@H](CC(=O)OC(C)(C)C)C(=O)N4C3)nccc2c1. The van der Waals surface area contributed by atoms with E-state index < -0.39 is 112 Å². The highest BCUT2D eigenvalue weighted by molar-refractivity contribution is 7.91. The Balaban J connectivity index is 0.000000212. The molecule has 2 aromatic heterocycles. The molecule has 576 valence electrons. The first-order valence-electron chi connectivity index (χ1n) is 37.7. The summed E-state index contributed by atoms with van der Waals surface area (Å²) in [6, 6.07) is 12.8. The molecule has 6 fully saturated rings. The van der Waals surface area contributed by atoms with E-state index in [1.54, 1.807) is 80.3 Å². The fourth-order valence-corrected chi connectivity index (χ4v) is 18.9. The molecule has 0 unspecified atom stereocenters. The number of amides is 4. The number of hydrogen-bond acceptors (Lipinski definition) is 20. The number of ether oxygens (including phenoxy) is 6. The standard InChI is InChI=1S/2C40H53N3O9S/c2*1-24-9-7-8-10-27-21-40(27,38(47)42-53(48,49)30-12-13-30)22-34(44)33-19-29(51-36-31-14-11-28(50-6)18-26(31)15-16-41-36)23-43(33)37(46)32(25(2)17-24)20-35(45)52-39(3,4)5/h2*8,10-11,14-16,18,24-25,27,29-30,32-33H,7,9,12-13,17,19-23H2,1-6H3,(H,42,47)/b2*10-8-/t24-,25+,27+,29+,32-,33-,40+;24-,25-,27-,29-,32+,33+,40-/m01/s1. The zero-order valence-electron chi connectivity index (χ0n) is 63.3. The van der Waals surface area contributed by atoms with Crippen molar-refractivity contribution in [3.8, 4) is 23.3 Å². The third kappa shape index (κ3) is 18.9. The molecule has 12 rings (SSSR count). The van der Waals surface area contributed by atoms with E-state index in [2.05, 4.69) is 33.3 Å². The largest absolute Gasteiger partial charge is 0.497 e. The number of pyridine rings is 2. The van der Waals surface area contributed by atoms with Gasteiger partial charge in [0.15, 0.2) is 11.6 Å². The Hall–Kier alpha value is -8.00. The Labute approximate surface area is 623 Å². The van der Waals surface area contributed by atoms with Crippen LogP contribution in [0.5, 0.6) is 23.3 Å². The molecule has 0 bridgehead atoms. The third-order valence-corrected chi connectivity index (χ3v) is 26.0. The van der Waals surface area contributed by atoms with Crippen LogP contribution in [0.1, 0.15) is 185 Å². The molecule has 2 aromatic carbocycles. The maximum atomic E-state index is 14.8.